The van der Waals surface area contributed by atoms with Crippen LogP contribution in [-0.4, -0.2) is 91.1 Å². The highest BCUT2D eigenvalue weighted by molar-refractivity contribution is 9.10. The maximum Gasteiger partial charge on any atom is 0.0801 e. The minimum atomic E-state index is -0.452. The highest BCUT2D eigenvalue weighted by atomic mass is 79.9. The van der Waals surface area contributed by atoms with Crippen molar-refractivity contribution in [2.24, 2.45) is 23.7 Å². The normalized spacial score (nSPS) is 39.5. The Morgan fingerprint density at radius 1 is 0.453 bits per heavy atom. The maximum atomic E-state index is 9.16. The first-order valence-corrected chi connectivity index (χ1v) is 23.5. The Balaban J connectivity index is 0.000000676. The molecule has 0 unspecified atom stereocenters. The molecule has 0 saturated heterocycles. The fourth-order valence-electron chi connectivity index (χ4n) is 7.10. The van der Waals surface area contributed by atoms with Gasteiger partial charge >= 0.3 is 0 Å². The molecule has 6 N–H and O–H groups in total. The molecule has 0 aliphatic heterocycles. The van der Waals surface area contributed by atoms with Crippen molar-refractivity contribution in [1.82, 2.24) is 0 Å². The molecule has 0 bridgehead atoms. The molecule has 0 aromatic carbocycles. The number of aliphatic hydroxyl groups is 4. The van der Waals surface area contributed by atoms with E-state index in [0.717, 1.165) is 77.0 Å². The van der Waals surface area contributed by atoms with Gasteiger partial charge < -0.3 is 25.9 Å². The fraction of sp³-hybridized carbons (Fsp3) is 0.800. The van der Waals surface area contributed by atoms with Crippen LogP contribution < -0.4 is 0 Å². The lowest BCUT2D eigenvalue weighted by molar-refractivity contribution is 0.202. The second kappa shape index (κ2) is 24.8. The van der Waals surface area contributed by atoms with Crippen LogP contribution in [0, 0.1) is 23.7 Å². The van der Waals surface area contributed by atoms with Gasteiger partial charge in [0.1, 0.15) is 0 Å². The van der Waals surface area contributed by atoms with Gasteiger partial charge in [0.15, 0.2) is 0 Å². The topological polar surface area (TPSA) is 112 Å². The Morgan fingerprint density at radius 2 is 0.604 bits per heavy atom. The first-order valence-electron chi connectivity index (χ1n) is 18.3. The molecule has 0 radical (unpaired) electrons. The summed E-state index contributed by atoms with van der Waals surface area (Å²) < 4.78 is 0. The van der Waals surface area contributed by atoms with Crippen LogP contribution in [0.15, 0.2) is 48.6 Å². The van der Waals surface area contributed by atoms with Crippen LogP contribution in [-0.2, 0) is 0 Å². The van der Waals surface area contributed by atoms with Gasteiger partial charge in [-0.2, -0.15) is 0 Å². The molecule has 312 valence electrons. The summed E-state index contributed by atoms with van der Waals surface area (Å²) in [4.78, 5) is -1.02. The van der Waals surface area contributed by atoms with Crippen LogP contribution in [0.4, 0.5) is 0 Å². The molecule has 0 spiro atoms. The third kappa shape index (κ3) is 16.4. The summed E-state index contributed by atoms with van der Waals surface area (Å²) in [5.41, 5.74) is 4.89. The molecule has 13 heteroatoms. The molecule has 0 aromatic rings. The third-order valence-electron chi connectivity index (χ3n) is 11.7. The summed E-state index contributed by atoms with van der Waals surface area (Å²) in [5, 5.41) is 36.6. The Morgan fingerprint density at radius 3 is 0.698 bits per heavy atom. The van der Waals surface area contributed by atoms with E-state index in [-0.39, 0.29) is 51.2 Å². The first kappa shape index (κ1) is 54.8. The SMILES string of the molecule is C=C(C)[C@H]1CC[C@](Cl)(CO)[C@H](Br)C1.C=C(C)[C@H]1CC[C@](Cl)(CO)[C@H](Br)C1.C=C(C)[C@H]1CC[C@](Cl)(CO)[C@H](Br)C1.C=C(C)[C@H]1CC[C@](Cl)(CO)[C@H](Br)C1.O. The van der Waals surface area contributed by atoms with Gasteiger partial charge in [0, 0.05) is 19.3 Å². The molecule has 4 saturated carbocycles. The van der Waals surface area contributed by atoms with E-state index in [2.05, 4.69) is 118 Å². The first-order chi connectivity index (χ1) is 24.0. The van der Waals surface area contributed by atoms with E-state index in [0.29, 0.717) is 23.7 Å². The highest BCUT2D eigenvalue weighted by Crippen LogP contribution is 2.46. The van der Waals surface area contributed by atoms with E-state index < -0.39 is 19.5 Å². The predicted molar refractivity (Wildman–Crippen MR) is 246 cm³/mol. The lowest BCUT2D eigenvalue weighted by Gasteiger charge is -2.38. The van der Waals surface area contributed by atoms with Crippen LogP contribution in [0.5, 0.6) is 0 Å². The number of allylic oxidation sites excluding steroid dienone is 4. The zero-order valence-electron chi connectivity index (χ0n) is 32.1. The van der Waals surface area contributed by atoms with Gasteiger partial charge in [-0.15, -0.1) is 46.4 Å². The minimum absolute atomic E-state index is 0. The van der Waals surface area contributed by atoms with E-state index in [4.69, 9.17) is 66.8 Å². The monoisotopic (exact) mass is 1080 g/mol. The number of hydrogen-bond acceptors (Lipinski definition) is 4. The summed E-state index contributed by atoms with van der Waals surface area (Å²) in [7, 11) is 0. The van der Waals surface area contributed by atoms with Crippen molar-refractivity contribution in [1.29, 1.82) is 0 Å². The molecule has 4 fully saturated rings. The Kier molecular flexibility index (Phi) is 25.7. The number of aliphatic hydroxyl groups excluding tert-OH is 4. The molecule has 0 aromatic heterocycles. The molecular weight excluding hydrogens is 1020 g/mol. The standard InChI is InChI=1S/4C10H16BrClO.H2O/c4*1-7(2)8-3-4-10(12,6-13)9(11)5-8;/h4*8-9,13H,1,3-6H2,2H3;1H2/t4*8-,9+,10-;/m0000./s1. The van der Waals surface area contributed by atoms with E-state index in [1.54, 1.807) is 0 Å². The molecule has 4 aliphatic carbocycles. The summed E-state index contributed by atoms with van der Waals surface area (Å²) in [6.07, 6.45) is 11.6. The van der Waals surface area contributed by atoms with Crippen molar-refractivity contribution >= 4 is 110 Å². The number of alkyl halides is 8. The lowest BCUT2D eigenvalue weighted by Crippen LogP contribution is -2.42. The van der Waals surface area contributed by atoms with Crippen molar-refractivity contribution in [2.75, 3.05) is 26.4 Å². The molecule has 5 nitrogen and oxygen atoms in total. The molecular formula is C40H66Br4Cl4O5. The summed E-state index contributed by atoms with van der Waals surface area (Å²) in [5.74, 6) is 2.23. The number of rotatable bonds is 8. The molecule has 4 aliphatic rings. The zero-order chi connectivity index (χ0) is 40.2. The van der Waals surface area contributed by atoms with Gasteiger partial charge in [-0.1, -0.05) is 112 Å². The van der Waals surface area contributed by atoms with Crippen LogP contribution >= 0.6 is 110 Å². The molecule has 0 heterocycles. The van der Waals surface area contributed by atoms with Gasteiger partial charge in [-0.05, 0) is 128 Å². The van der Waals surface area contributed by atoms with Gasteiger partial charge in [-0.25, -0.2) is 0 Å². The quantitative estimate of drug-likeness (QED) is 0.143. The van der Waals surface area contributed by atoms with Crippen LogP contribution in [0.3, 0.4) is 0 Å². The largest absolute Gasteiger partial charge is 0.412 e. The van der Waals surface area contributed by atoms with E-state index in [1.807, 2.05) is 0 Å². The second-order valence-electron chi connectivity index (χ2n) is 15.9. The molecule has 53 heavy (non-hydrogen) atoms. The summed E-state index contributed by atoms with van der Waals surface area (Å²) in [6, 6.07) is 0. The van der Waals surface area contributed by atoms with Gasteiger partial charge in [0.05, 0.1) is 45.9 Å². The maximum absolute atomic E-state index is 9.16. The Bertz CT molecular complexity index is 1010. The summed E-state index contributed by atoms with van der Waals surface area (Å²) >= 11 is 39.2. The van der Waals surface area contributed by atoms with Crippen LogP contribution in [0.25, 0.3) is 0 Å². The van der Waals surface area contributed by atoms with Crippen molar-refractivity contribution in [2.45, 2.75) is 144 Å². The molecule has 0 amide bonds. The van der Waals surface area contributed by atoms with Crippen molar-refractivity contribution in [3.63, 3.8) is 0 Å². The Hall–Kier alpha value is 1.84. The van der Waals surface area contributed by atoms with Crippen molar-refractivity contribution in [3.8, 4) is 0 Å². The zero-order valence-corrected chi connectivity index (χ0v) is 41.4. The highest BCUT2D eigenvalue weighted by Gasteiger charge is 2.43. The van der Waals surface area contributed by atoms with Gasteiger partial charge in [0.2, 0.25) is 0 Å². The average molecular weight is 1090 g/mol. The lowest BCUT2D eigenvalue weighted by atomic mass is 9.79. The number of halogens is 8. The minimum Gasteiger partial charge on any atom is -0.412 e. The fourth-order valence-corrected chi connectivity index (χ4v) is 11.2. The van der Waals surface area contributed by atoms with Crippen LogP contribution in [0.2, 0.25) is 0 Å². The van der Waals surface area contributed by atoms with Crippen molar-refractivity contribution < 1.29 is 25.9 Å². The van der Waals surface area contributed by atoms with Crippen molar-refractivity contribution in [3.05, 3.63) is 48.6 Å². The van der Waals surface area contributed by atoms with E-state index in [1.165, 1.54) is 22.3 Å². The van der Waals surface area contributed by atoms with E-state index >= 15 is 0 Å². The van der Waals surface area contributed by atoms with Crippen LogP contribution in [0.1, 0.15) is 105 Å². The summed E-state index contributed by atoms with van der Waals surface area (Å²) in [6.45, 7) is 24.3. The number of hydrogen-bond donors (Lipinski definition) is 4. The Labute approximate surface area is 375 Å². The van der Waals surface area contributed by atoms with Gasteiger partial charge in [-0.3, -0.25) is 0 Å². The molecule has 12 atom stereocenters. The average Bonchev–Trinajstić information content (AvgIpc) is 3.10. The van der Waals surface area contributed by atoms with Gasteiger partial charge in [0.25, 0.3) is 0 Å². The predicted octanol–water partition coefficient (Wildman–Crippen LogP) is 11.6. The smallest absolute Gasteiger partial charge is 0.0801 e. The second-order valence-corrected chi connectivity index (χ2v) is 23.3. The van der Waals surface area contributed by atoms with E-state index in [9.17, 15) is 0 Å². The third-order valence-corrected chi connectivity index (χ3v) is 20.0. The molecule has 4 rings (SSSR count).